The Bertz CT molecular complexity index is 377. The van der Waals surface area contributed by atoms with Gasteiger partial charge in [0, 0.05) is 10.6 Å². The van der Waals surface area contributed by atoms with Gasteiger partial charge in [0.25, 0.3) is 0 Å². The van der Waals surface area contributed by atoms with Crippen molar-refractivity contribution in [1.82, 2.24) is 0 Å². The Kier molecular flexibility index (Phi) is 5.40. The summed E-state index contributed by atoms with van der Waals surface area (Å²) in [6.07, 6.45) is 2.08. The number of thioether (sulfide) groups is 2. The molecule has 0 fully saturated rings. The second kappa shape index (κ2) is 6.36. The van der Waals surface area contributed by atoms with Gasteiger partial charge in [-0.05, 0) is 44.7 Å². The van der Waals surface area contributed by atoms with Crippen molar-refractivity contribution < 1.29 is 0 Å². The predicted octanol–water partition coefficient (Wildman–Crippen LogP) is 3.75. The van der Waals surface area contributed by atoms with E-state index in [2.05, 4.69) is 35.5 Å². The maximum atomic E-state index is 5.87. The summed E-state index contributed by atoms with van der Waals surface area (Å²) in [6, 6.07) is 8.56. The summed E-state index contributed by atoms with van der Waals surface area (Å²) in [6.45, 7) is 6.15. The fourth-order valence-corrected chi connectivity index (χ4v) is 2.50. The van der Waals surface area contributed by atoms with E-state index in [1.807, 2.05) is 20.8 Å². The summed E-state index contributed by atoms with van der Waals surface area (Å²) in [5, 5.41) is 0.659. The summed E-state index contributed by atoms with van der Waals surface area (Å²) in [7, 11) is 0. The molecule has 0 unspecified atom stereocenters. The monoisotopic (exact) mass is 268 g/mol. The Balaban J connectivity index is 2.53. The van der Waals surface area contributed by atoms with E-state index < -0.39 is 0 Å². The molecule has 0 spiro atoms. The number of nitrogens with two attached hydrogens (primary N) is 1. The van der Waals surface area contributed by atoms with E-state index in [0.717, 1.165) is 5.75 Å². The van der Waals surface area contributed by atoms with Crippen LogP contribution in [0, 0.1) is 0 Å². The van der Waals surface area contributed by atoms with Crippen LogP contribution in [-0.4, -0.2) is 17.0 Å². The molecule has 0 aliphatic carbocycles. The molecule has 0 bridgehead atoms. The van der Waals surface area contributed by atoms with E-state index in [4.69, 9.17) is 5.73 Å². The summed E-state index contributed by atoms with van der Waals surface area (Å²) in [4.78, 5) is 5.70. The molecule has 94 valence electrons. The SMILES string of the molecule is CSc1ccc(CSC(N)=NC(C)(C)C)cc1. The van der Waals surface area contributed by atoms with Crippen molar-refractivity contribution in [3.8, 4) is 0 Å². The zero-order valence-electron chi connectivity index (χ0n) is 10.9. The van der Waals surface area contributed by atoms with E-state index in [0.29, 0.717) is 5.17 Å². The van der Waals surface area contributed by atoms with Crippen LogP contribution in [0.3, 0.4) is 0 Å². The lowest BCUT2D eigenvalue weighted by Gasteiger charge is -2.13. The van der Waals surface area contributed by atoms with Gasteiger partial charge in [0.05, 0.1) is 5.54 Å². The maximum absolute atomic E-state index is 5.87. The number of hydrogen-bond donors (Lipinski definition) is 1. The molecule has 0 radical (unpaired) electrons. The molecular formula is C13H20N2S2. The molecule has 1 aromatic carbocycles. The first-order valence-corrected chi connectivity index (χ1v) is 7.73. The van der Waals surface area contributed by atoms with Crippen LogP contribution in [0.25, 0.3) is 0 Å². The number of benzene rings is 1. The van der Waals surface area contributed by atoms with Gasteiger partial charge in [0.15, 0.2) is 5.17 Å². The molecule has 0 heterocycles. The molecule has 2 N–H and O–H groups in total. The predicted molar refractivity (Wildman–Crippen MR) is 80.9 cm³/mol. The zero-order chi connectivity index (χ0) is 12.9. The first kappa shape index (κ1) is 14.5. The summed E-state index contributed by atoms with van der Waals surface area (Å²) in [5.41, 5.74) is 7.05. The summed E-state index contributed by atoms with van der Waals surface area (Å²) < 4.78 is 0. The minimum Gasteiger partial charge on any atom is -0.379 e. The third-order valence-electron chi connectivity index (χ3n) is 1.99. The van der Waals surface area contributed by atoms with Crippen molar-refractivity contribution in [3.63, 3.8) is 0 Å². The second-order valence-corrected chi connectivity index (χ2v) is 6.63. The smallest absolute Gasteiger partial charge is 0.154 e. The highest BCUT2D eigenvalue weighted by Crippen LogP contribution is 2.19. The van der Waals surface area contributed by atoms with Crippen molar-refractivity contribution in [2.45, 2.75) is 37.0 Å². The van der Waals surface area contributed by atoms with Crippen molar-refractivity contribution in [1.29, 1.82) is 0 Å². The van der Waals surface area contributed by atoms with Crippen LogP contribution in [0.1, 0.15) is 26.3 Å². The Hall–Kier alpha value is -0.610. The lowest BCUT2D eigenvalue weighted by molar-refractivity contribution is 0.585. The Morgan fingerprint density at radius 1 is 1.24 bits per heavy atom. The molecular weight excluding hydrogens is 248 g/mol. The van der Waals surface area contributed by atoms with Gasteiger partial charge < -0.3 is 5.73 Å². The molecule has 0 aliphatic heterocycles. The standard InChI is InChI=1S/C13H20N2S2/c1-13(2,3)15-12(14)17-9-10-5-7-11(16-4)8-6-10/h5-8H,9H2,1-4H3,(H2,14,15). The van der Waals surface area contributed by atoms with Crippen LogP contribution in [0.2, 0.25) is 0 Å². The minimum absolute atomic E-state index is 0.0974. The maximum Gasteiger partial charge on any atom is 0.154 e. The normalized spacial score (nSPS) is 12.8. The van der Waals surface area contributed by atoms with E-state index >= 15 is 0 Å². The van der Waals surface area contributed by atoms with Gasteiger partial charge in [-0.1, -0.05) is 23.9 Å². The number of aliphatic imine (C=N–C) groups is 1. The van der Waals surface area contributed by atoms with Gasteiger partial charge in [0.1, 0.15) is 0 Å². The third-order valence-corrected chi connectivity index (χ3v) is 3.60. The Morgan fingerprint density at radius 3 is 2.29 bits per heavy atom. The van der Waals surface area contributed by atoms with Crippen molar-refractivity contribution in [2.75, 3.05) is 6.26 Å². The zero-order valence-corrected chi connectivity index (χ0v) is 12.5. The average Bonchev–Trinajstić information content (AvgIpc) is 2.25. The van der Waals surface area contributed by atoms with Crippen LogP contribution in [0.15, 0.2) is 34.2 Å². The quantitative estimate of drug-likeness (QED) is 0.515. The molecule has 0 aromatic heterocycles. The second-order valence-electron chi connectivity index (χ2n) is 4.76. The van der Waals surface area contributed by atoms with Gasteiger partial charge in [-0.25, -0.2) is 0 Å². The summed E-state index contributed by atoms with van der Waals surface area (Å²) in [5.74, 6) is 0.875. The number of hydrogen-bond acceptors (Lipinski definition) is 3. The highest BCUT2D eigenvalue weighted by atomic mass is 32.2. The molecule has 2 nitrogen and oxygen atoms in total. The van der Waals surface area contributed by atoms with Gasteiger partial charge >= 0.3 is 0 Å². The van der Waals surface area contributed by atoms with Gasteiger partial charge in [-0.15, -0.1) is 11.8 Å². The molecule has 0 aliphatic rings. The largest absolute Gasteiger partial charge is 0.379 e. The van der Waals surface area contributed by atoms with E-state index in [1.165, 1.54) is 10.5 Å². The topological polar surface area (TPSA) is 38.4 Å². The van der Waals surface area contributed by atoms with E-state index in [9.17, 15) is 0 Å². The van der Waals surface area contributed by atoms with Crippen molar-refractivity contribution in [3.05, 3.63) is 29.8 Å². The molecule has 1 rings (SSSR count). The van der Waals surface area contributed by atoms with Crippen LogP contribution < -0.4 is 5.73 Å². The molecule has 0 saturated carbocycles. The highest BCUT2D eigenvalue weighted by molar-refractivity contribution is 8.13. The highest BCUT2D eigenvalue weighted by Gasteiger charge is 2.08. The van der Waals surface area contributed by atoms with Crippen LogP contribution >= 0.6 is 23.5 Å². The average molecular weight is 268 g/mol. The number of amidine groups is 1. The lowest BCUT2D eigenvalue weighted by atomic mass is 10.1. The molecule has 17 heavy (non-hydrogen) atoms. The molecule has 0 saturated heterocycles. The fraction of sp³-hybridized carbons (Fsp3) is 0.462. The van der Waals surface area contributed by atoms with Crippen LogP contribution in [0.5, 0.6) is 0 Å². The van der Waals surface area contributed by atoms with E-state index in [-0.39, 0.29) is 5.54 Å². The third kappa shape index (κ3) is 6.03. The molecule has 4 heteroatoms. The Labute approximate surface area is 112 Å². The fourth-order valence-electron chi connectivity index (χ4n) is 1.24. The molecule has 1 aromatic rings. The lowest BCUT2D eigenvalue weighted by Crippen LogP contribution is -2.17. The van der Waals surface area contributed by atoms with Crippen molar-refractivity contribution in [2.24, 2.45) is 10.7 Å². The van der Waals surface area contributed by atoms with Gasteiger partial charge in [0.2, 0.25) is 0 Å². The molecule has 0 amide bonds. The number of nitrogens with zero attached hydrogens (tertiary/aromatic N) is 1. The first-order valence-electron chi connectivity index (χ1n) is 5.52. The number of rotatable bonds is 3. The first-order chi connectivity index (χ1) is 7.90. The van der Waals surface area contributed by atoms with Crippen molar-refractivity contribution >= 4 is 28.7 Å². The molecule has 0 atom stereocenters. The minimum atomic E-state index is -0.0974. The summed E-state index contributed by atoms with van der Waals surface area (Å²) >= 11 is 3.35. The Morgan fingerprint density at radius 2 is 1.82 bits per heavy atom. The van der Waals surface area contributed by atoms with Gasteiger partial charge in [-0.2, -0.15) is 0 Å². The van der Waals surface area contributed by atoms with Crippen LogP contribution in [-0.2, 0) is 5.75 Å². The van der Waals surface area contributed by atoms with Crippen LogP contribution in [0.4, 0.5) is 0 Å². The van der Waals surface area contributed by atoms with E-state index in [1.54, 1.807) is 23.5 Å². The van der Waals surface area contributed by atoms with Gasteiger partial charge in [-0.3, -0.25) is 4.99 Å².